The highest BCUT2D eigenvalue weighted by Gasteiger charge is 2.50. The number of hydrogen-bond acceptors (Lipinski definition) is 5. The summed E-state index contributed by atoms with van der Waals surface area (Å²) in [4.78, 5) is 25.9. The number of rotatable bonds is 7. The number of ether oxygens (including phenoxy) is 1. The summed E-state index contributed by atoms with van der Waals surface area (Å²) in [5.41, 5.74) is 12.6. The molecule has 0 radical (unpaired) electrons. The summed E-state index contributed by atoms with van der Waals surface area (Å²) in [5, 5.41) is 4.57. The van der Waals surface area contributed by atoms with E-state index in [1.54, 1.807) is 15.6 Å². The summed E-state index contributed by atoms with van der Waals surface area (Å²) in [6.07, 6.45) is 4.58. The minimum absolute atomic E-state index is 0.0161. The highest BCUT2D eigenvalue weighted by atomic mass is 19.1. The van der Waals surface area contributed by atoms with Crippen LogP contribution in [0, 0.1) is 11.2 Å². The number of nitrogens with zero attached hydrogens (tertiary/aromatic N) is 3. The topological polar surface area (TPSA) is 116 Å². The van der Waals surface area contributed by atoms with Crippen molar-refractivity contribution in [2.75, 3.05) is 25.4 Å². The van der Waals surface area contributed by atoms with Crippen LogP contribution in [0.5, 0.6) is 5.75 Å². The molecule has 9 heteroatoms. The third-order valence-corrected chi connectivity index (χ3v) is 6.47. The molecule has 1 aliphatic heterocycles. The van der Waals surface area contributed by atoms with Crippen LogP contribution in [0.25, 0.3) is 11.3 Å². The Morgan fingerprint density at radius 2 is 2.16 bits per heavy atom. The fourth-order valence-electron chi connectivity index (χ4n) is 4.85. The van der Waals surface area contributed by atoms with Crippen LogP contribution in [0.1, 0.15) is 49.0 Å². The van der Waals surface area contributed by atoms with E-state index in [-0.39, 0.29) is 40.2 Å². The summed E-state index contributed by atoms with van der Waals surface area (Å²) >= 11 is 0. The summed E-state index contributed by atoms with van der Waals surface area (Å²) in [5.74, 6) is -0.996. The molecule has 170 valence electrons. The summed E-state index contributed by atoms with van der Waals surface area (Å²) in [7, 11) is 0. The van der Waals surface area contributed by atoms with E-state index >= 15 is 0 Å². The van der Waals surface area contributed by atoms with E-state index in [1.807, 2.05) is 6.92 Å². The van der Waals surface area contributed by atoms with E-state index in [2.05, 4.69) is 11.7 Å². The zero-order valence-corrected chi connectivity index (χ0v) is 18.1. The Morgan fingerprint density at radius 1 is 1.41 bits per heavy atom. The highest BCUT2D eigenvalue weighted by Crippen LogP contribution is 2.54. The summed E-state index contributed by atoms with van der Waals surface area (Å²) < 4.78 is 21.5. The maximum absolute atomic E-state index is 14.5. The minimum Gasteiger partial charge on any atom is -0.491 e. The van der Waals surface area contributed by atoms with Crippen molar-refractivity contribution in [1.29, 1.82) is 0 Å². The van der Waals surface area contributed by atoms with Crippen molar-refractivity contribution in [2.24, 2.45) is 11.1 Å². The first-order chi connectivity index (χ1) is 15.3. The van der Waals surface area contributed by atoms with E-state index in [9.17, 15) is 14.0 Å². The van der Waals surface area contributed by atoms with Gasteiger partial charge in [-0.15, -0.1) is 0 Å². The van der Waals surface area contributed by atoms with Gasteiger partial charge in [0.1, 0.15) is 17.1 Å². The molecule has 0 atom stereocenters. The van der Waals surface area contributed by atoms with Crippen molar-refractivity contribution in [3.8, 4) is 17.0 Å². The zero-order chi connectivity index (χ0) is 23.0. The normalized spacial score (nSPS) is 22.1. The Hall–Kier alpha value is -3.36. The van der Waals surface area contributed by atoms with Gasteiger partial charge in [-0.3, -0.25) is 9.59 Å². The van der Waals surface area contributed by atoms with Crippen LogP contribution in [-0.4, -0.2) is 46.2 Å². The first-order valence-corrected chi connectivity index (χ1v) is 10.8. The van der Waals surface area contributed by atoms with Crippen LogP contribution in [0.2, 0.25) is 0 Å². The molecule has 0 unspecified atom stereocenters. The number of anilines is 1. The lowest BCUT2D eigenvalue weighted by Crippen LogP contribution is -2.42. The van der Waals surface area contributed by atoms with Crippen LogP contribution in [0.4, 0.5) is 10.2 Å². The molecule has 1 aromatic heterocycles. The van der Waals surface area contributed by atoms with Crippen molar-refractivity contribution in [2.45, 2.75) is 38.6 Å². The molecule has 2 amide bonds. The molecule has 1 saturated heterocycles. The number of nitrogens with two attached hydrogens (primary N) is 2. The molecule has 2 heterocycles. The summed E-state index contributed by atoms with van der Waals surface area (Å²) in [6.45, 7) is 7.28. The molecular weight excluding hydrogens is 413 g/mol. The molecule has 2 aromatic rings. The van der Waals surface area contributed by atoms with Gasteiger partial charge in [0.2, 0.25) is 5.91 Å². The van der Waals surface area contributed by atoms with Crippen molar-refractivity contribution in [3.05, 3.63) is 42.2 Å². The van der Waals surface area contributed by atoms with Gasteiger partial charge in [-0.05, 0) is 55.4 Å². The van der Waals surface area contributed by atoms with Gasteiger partial charge in [0, 0.05) is 18.7 Å². The van der Waals surface area contributed by atoms with Gasteiger partial charge in [0.25, 0.3) is 5.91 Å². The SMILES string of the molecule is C=CC(=O)N1CC[C@]2(C1)C[C@H](n1nc(-c3ccc(OCCC)c(F)c3)c(C(N)=O)c1N)C2. The molecule has 1 aromatic carbocycles. The first-order valence-electron chi connectivity index (χ1n) is 10.8. The number of carbonyl (C=O) groups is 2. The van der Waals surface area contributed by atoms with Crippen LogP contribution < -0.4 is 16.2 Å². The second-order valence-electron chi connectivity index (χ2n) is 8.69. The number of hydrogen-bond donors (Lipinski definition) is 2. The predicted octanol–water partition coefficient (Wildman–Crippen LogP) is 2.90. The van der Waals surface area contributed by atoms with Crippen molar-refractivity contribution < 1.29 is 18.7 Å². The van der Waals surface area contributed by atoms with E-state index in [4.69, 9.17) is 16.2 Å². The number of carbonyl (C=O) groups excluding carboxylic acids is 2. The standard InChI is InChI=1S/C23H28FN5O3/c1-3-9-32-17-6-5-14(10-16(17)24)20-19(22(26)31)21(25)29(27-20)15-11-23(12-15)7-8-28(13-23)18(30)4-2/h4-6,10,15H,2-3,7-9,11-13,25H2,1H3,(H2,26,31)/t15-,23-. The number of halogens is 1. The minimum atomic E-state index is -0.715. The number of nitrogen functional groups attached to an aromatic ring is 1. The van der Waals surface area contributed by atoms with E-state index in [0.717, 1.165) is 25.7 Å². The maximum Gasteiger partial charge on any atom is 0.254 e. The Morgan fingerprint density at radius 3 is 2.78 bits per heavy atom. The predicted molar refractivity (Wildman–Crippen MR) is 118 cm³/mol. The van der Waals surface area contributed by atoms with Crippen LogP contribution in [-0.2, 0) is 4.79 Å². The third-order valence-electron chi connectivity index (χ3n) is 6.47. The van der Waals surface area contributed by atoms with Gasteiger partial charge in [-0.1, -0.05) is 13.5 Å². The third kappa shape index (κ3) is 3.72. The second-order valence-corrected chi connectivity index (χ2v) is 8.69. The fraction of sp³-hybridized carbons (Fsp3) is 0.435. The highest BCUT2D eigenvalue weighted by molar-refractivity contribution is 6.03. The molecule has 2 fully saturated rings. The quantitative estimate of drug-likeness (QED) is 0.641. The van der Waals surface area contributed by atoms with Crippen LogP contribution in [0.3, 0.4) is 0 Å². The van der Waals surface area contributed by atoms with Crippen LogP contribution in [0.15, 0.2) is 30.9 Å². The molecule has 1 aliphatic carbocycles. The average Bonchev–Trinajstić information content (AvgIpc) is 3.33. The van der Waals surface area contributed by atoms with Gasteiger partial charge in [-0.25, -0.2) is 9.07 Å². The second kappa shape index (κ2) is 8.29. The largest absolute Gasteiger partial charge is 0.491 e. The lowest BCUT2D eigenvalue weighted by Gasteiger charge is -2.45. The molecule has 4 rings (SSSR count). The van der Waals surface area contributed by atoms with Crippen molar-refractivity contribution in [1.82, 2.24) is 14.7 Å². The van der Waals surface area contributed by atoms with Gasteiger partial charge < -0.3 is 21.1 Å². The number of likely N-dealkylation sites (tertiary alicyclic amines) is 1. The molecule has 32 heavy (non-hydrogen) atoms. The van der Waals surface area contributed by atoms with Gasteiger partial charge in [0.15, 0.2) is 11.6 Å². The molecule has 2 aliphatic rings. The van der Waals surface area contributed by atoms with Crippen molar-refractivity contribution >= 4 is 17.6 Å². The monoisotopic (exact) mass is 441 g/mol. The number of benzene rings is 1. The Kier molecular flexibility index (Phi) is 5.66. The molecule has 1 spiro atoms. The summed E-state index contributed by atoms with van der Waals surface area (Å²) in [6, 6.07) is 4.42. The van der Waals surface area contributed by atoms with Gasteiger partial charge in [-0.2, -0.15) is 5.10 Å². The lowest BCUT2D eigenvalue weighted by atomic mass is 9.65. The zero-order valence-electron chi connectivity index (χ0n) is 18.1. The maximum atomic E-state index is 14.5. The Balaban J connectivity index is 1.58. The smallest absolute Gasteiger partial charge is 0.254 e. The van der Waals surface area contributed by atoms with E-state index in [0.29, 0.717) is 25.3 Å². The fourth-order valence-corrected chi connectivity index (χ4v) is 4.85. The average molecular weight is 442 g/mol. The van der Waals surface area contributed by atoms with Crippen molar-refractivity contribution in [3.63, 3.8) is 0 Å². The molecular formula is C23H28FN5O3. The molecule has 1 saturated carbocycles. The number of aromatic nitrogens is 2. The van der Waals surface area contributed by atoms with Gasteiger partial charge >= 0.3 is 0 Å². The van der Waals surface area contributed by atoms with Gasteiger partial charge in [0.05, 0.1) is 12.6 Å². The lowest BCUT2D eigenvalue weighted by molar-refractivity contribution is -0.125. The van der Waals surface area contributed by atoms with E-state index in [1.165, 1.54) is 18.2 Å². The van der Waals surface area contributed by atoms with Crippen LogP contribution >= 0.6 is 0 Å². The molecule has 4 N–H and O–H groups in total. The Bertz CT molecular complexity index is 1070. The number of amides is 2. The first kappa shape index (κ1) is 21.9. The van der Waals surface area contributed by atoms with E-state index < -0.39 is 11.7 Å². The molecule has 8 nitrogen and oxygen atoms in total. The molecule has 0 bridgehead atoms. The Labute approximate surface area is 186 Å². The number of primary amides is 1.